The van der Waals surface area contributed by atoms with E-state index in [1.165, 1.54) is 18.2 Å². The lowest BCUT2D eigenvalue weighted by atomic mass is 10.1. The molecule has 1 heterocycles. The van der Waals surface area contributed by atoms with Crippen LogP contribution >= 0.6 is 11.6 Å². The van der Waals surface area contributed by atoms with Crippen molar-refractivity contribution in [3.8, 4) is 0 Å². The van der Waals surface area contributed by atoms with Crippen molar-refractivity contribution in [2.24, 2.45) is 0 Å². The zero-order valence-electron chi connectivity index (χ0n) is 7.89. The first-order valence-electron chi connectivity index (χ1n) is 4.63. The fraction of sp³-hybridized carbons (Fsp3) is 0.300. The lowest BCUT2D eigenvalue weighted by Gasteiger charge is -2.27. The second-order valence-electron chi connectivity index (χ2n) is 3.45. The van der Waals surface area contributed by atoms with E-state index in [0.717, 1.165) is 13.1 Å². The summed E-state index contributed by atoms with van der Waals surface area (Å²) in [6.07, 6.45) is 0. The van der Waals surface area contributed by atoms with Gasteiger partial charge in [0.25, 0.3) is 5.91 Å². The number of halogens is 2. The van der Waals surface area contributed by atoms with Gasteiger partial charge in [0.1, 0.15) is 5.82 Å². The van der Waals surface area contributed by atoms with Crippen LogP contribution in [-0.4, -0.2) is 25.0 Å². The summed E-state index contributed by atoms with van der Waals surface area (Å²) in [7, 11) is 0. The summed E-state index contributed by atoms with van der Waals surface area (Å²) in [6, 6.07) is 4.03. The lowest BCUT2D eigenvalue weighted by molar-refractivity contribution is 0.0920. The number of amides is 1. The molecule has 0 bridgehead atoms. The predicted octanol–water partition coefficient (Wildman–Crippen LogP) is 1.18. The van der Waals surface area contributed by atoms with Crippen LogP contribution in [0.2, 0.25) is 5.02 Å². The summed E-state index contributed by atoms with van der Waals surface area (Å²) < 4.78 is 13.3. The third-order valence-electron chi connectivity index (χ3n) is 2.29. The van der Waals surface area contributed by atoms with Crippen molar-refractivity contribution < 1.29 is 9.18 Å². The molecule has 0 atom stereocenters. The van der Waals surface area contributed by atoms with Crippen LogP contribution in [0.1, 0.15) is 10.4 Å². The number of nitrogens with one attached hydrogen (secondary N) is 2. The summed E-state index contributed by atoms with van der Waals surface area (Å²) in [5, 5.41) is 6.07. The van der Waals surface area contributed by atoms with Crippen LogP contribution in [0.3, 0.4) is 0 Å². The molecule has 1 saturated heterocycles. The molecule has 0 aromatic heterocycles. The molecule has 1 aliphatic heterocycles. The van der Waals surface area contributed by atoms with Crippen molar-refractivity contribution in [2.45, 2.75) is 6.04 Å². The molecule has 0 unspecified atom stereocenters. The molecule has 15 heavy (non-hydrogen) atoms. The largest absolute Gasteiger partial charge is 0.347 e. The van der Waals surface area contributed by atoms with Gasteiger partial charge in [0.05, 0.1) is 11.6 Å². The zero-order chi connectivity index (χ0) is 10.8. The average molecular weight is 229 g/mol. The van der Waals surface area contributed by atoms with Crippen LogP contribution in [0.5, 0.6) is 0 Å². The highest BCUT2D eigenvalue weighted by Crippen LogP contribution is 2.15. The van der Waals surface area contributed by atoms with Crippen molar-refractivity contribution >= 4 is 17.5 Å². The Bertz CT molecular complexity index is 393. The molecule has 1 aliphatic rings. The van der Waals surface area contributed by atoms with Gasteiger partial charge in [-0.3, -0.25) is 4.79 Å². The molecule has 1 amide bonds. The predicted molar refractivity (Wildman–Crippen MR) is 55.5 cm³/mol. The SMILES string of the molecule is O=C(NC1CNC1)c1cc(Cl)ccc1F. The van der Waals surface area contributed by atoms with Gasteiger partial charge in [-0.1, -0.05) is 11.6 Å². The average Bonchev–Trinajstić information content (AvgIpc) is 2.15. The van der Waals surface area contributed by atoms with Crippen molar-refractivity contribution in [2.75, 3.05) is 13.1 Å². The number of benzene rings is 1. The number of hydrogen-bond donors (Lipinski definition) is 2. The molecule has 0 aliphatic carbocycles. The Kier molecular flexibility index (Phi) is 2.88. The van der Waals surface area contributed by atoms with Crippen LogP contribution in [0.15, 0.2) is 18.2 Å². The molecule has 0 radical (unpaired) electrons. The Labute approximate surface area is 91.6 Å². The van der Waals surface area contributed by atoms with Gasteiger partial charge in [-0.05, 0) is 18.2 Å². The topological polar surface area (TPSA) is 41.1 Å². The summed E-state index contributed by atoms with van der Waals surface area (Å²) in [5.41, 5.74) is -0.00519. The lowest BCUT2D eigenvalue weighted by Crippen LogP contribution is -2.57. The molecule has 3 nitrogen and oxygen atoms in total. The van der Waals surface area contributed by atoms with E-state index in [0.29, 0.717) is 5.02 Å². The molecule has 1 aromatic rings. The highest BCUT2D eigenvalue weighted by atomic mass is 35.5. The normalized spacial score (nSPS) is 15.9. The number of carbonyl (C=O) groups excluding carboxylic acids is 1. The maximum atomic E-state index is 13.3. The van der Waals surface area contributed by atoms with Crippen LogP contribution in [0.25, 0.3) is 0 Å². The maximum absolute atomic E-state index is 13.3. The van der Waals surface area contributed by atoms with E-state index in [-0.39, 0.29) is 11.6 Å². The van der Waals surface area contributed by atoms with Gasteiger partial charge in [-0.25, -0.2) is 4.39 Å². The van der Waals surface area contributed by atoms with Crippen LogP contribution in [0, 0.1) is 5.82 Å². The summed E-state index contributed by atoms with van der Waals surface area (Å²) >= 11 is 5.69. The molecule has 80 valence electrons. The summed E-state index contributed by atoms with van der Waals surface area (Å²) in [5.74, 6) is -0.967. The first-order chi connectivity index (χ1) is 7.16. The first kappa shape index (κ1) is 10.4. The third kappa shape index (κ3) is 2.27. The van der Waals surface area contributed by atoms with Crippen molar-refractivity contribution in [3.05, 3.63) is 34.6 Å². The quantitative estimate of drug-likeness (QED) is 0.798. The van der Waals surface area contributed by atoms with Gasteiger partial charge >= 0.3 is 0 Å². The Balaban J connectivity index is 2.12. The highest BCUT2D eigenvalue weighted by molar-refractivity contribution is 6.31. The fourth-order valence-corrected chi connectivity index (χ4v) is 1.50. The van der Waals surface area contributed by atoms with E-state index >= 15 is 0 Å². The second-order valence-corrected chi connectivity index (χ2v) is 3.89. The van der Waals surface area contributed by atoms with Crippen LogP contribution in [-0.2, 0) is 0 Å². The van der Waals surface area contributed by atoms with Crippen molar-refractivity contribution in [1.82, 2.24) is 10.6 Å². The molecule has 2 rings (SSSR count). The molecule has 0 saturated carbocycles. The third-order valence-corrected chi connectivity index (χ3v) is 2.52. The van der Waals surface area contributed by atoms with Gasteiger partial charge in [-0.15, -0.1) is 0 Å². The van der Waals surface area contributed by atoms with Crippen LogP contribution in [0.4, 0.5) is 4.39 Å². The van der Waals surface area contributed by atoms with E-state index in [9.17, 15) is 9.18 Å². The summed E-state index contributed by atoms with van der Waals surface area (Å²) in [6.45, 7) is 1.46. The number of carbonyl (C=O) groups is 1. The minimum absolute atomic E-state index is 0.00519. The molecular weight excluding hydrogens is 219 g/mol. The minimum Gasteiger partial charge on any atom is -0.347 e. The van der Waals surface area contributed by atoms with E-state index in [4.69, 9.17) is 11.6 Å². The van der Waals surface area contributed by atoms with Gasteiger partial charge in [0.15, 0.2) is 0 Å². The minimum atomic E-state index is -0.552. The van der Waals surface area contributed by atoms with E-state index in [1.807, 2.05) is 0 Å². The van der Waals surface area contributed by atoms with Gasteiger partial charge in [0.2, 0.25) is 0 Å². The Morgan fingerprint density at radius 3 is 2.87 bits per heavy atom. The Hall–Kier alpha value is -1.13. The zero-order valence-corrected chi connectivity index (χ0v) is 8.64. The molecule has 0 spiro atoms. The van der Waals surface area contributed by atoms with Crippen LogP contribution < -0.4 is 10.6 Å². The standard InChI is InChI=1S/C10H10ClFN2O/c11-6-1-2-9(12)8(3-6)10(15)14-7-4-13-5-7/h1-3,7,13H,4-5H2,(H,14,15). The van der Waals surface area contributed by atoms with Crippen molar-refractivity contribution in [1.29, 1.82) is 0 Å². The second kappa shape index (κ2) is 4.16. The molecule has 5 heteroatoms. The van der Waals surface area contributed by atoms with E-state index in [2.05, 4.69) is 10.6 Å². The molecular formula is C10H10ClFN2O. The Morgan fingerprint density at radius 1 is 1.53 bits per heavy atom. The molecule has 1 aromatic carbocycles. The summed E-state index contributed by atoms with van der Waals surface area (Å²) in [4.78, 5) is 11.6. The monoisotopic (exact) mass is 228 g/mol. The molecule has 1 fully saturated rings. The van der Waals surface area contributed by atoms with Gasteiger partial charge < -0.3 is 10.6 Å². The maximum Gasteiger partial charge on any atom is 0.254 e. The fourth-order valence-electron chi connectivity index (χ4n) is 1.33. The van der Waals surface area contributed by atoms with Gasteiger partial charge in [0, 0.05) is 18.1 Å². The smallest absolute Gasteiger partial charge is 0.254 e. The Morgan fingerprint density at radius 2 is 2.27 bits per heavy atom. The van der Waals surface area contributed by atoms with Crippen molar-refractivity contribution in [3.63, 3.8) is 0 Å². The number of rotatable bonds is 2. The van der Waals surface area contributed by atoms with E-state index in [1.54, 1.807) is 0 Å². The highest BCUT2D eigenvalue weighted by Gasteiger charge is 2.21. The van der Waals surface area contributed by atoms with E-state index < -0.39 is 11.7 Å². The first-order valence-corrected chi connectivity index (χ1v) is 5.01. The van der Waals surface area contributed by atoms with Gasteiger partial charge in [-0.2, -0.15) is 0 Å². The molecule has 2 N–H and O–H groups in total. The number of hydrogen-bond acceptors (Lipinski definition) is 2.